The van der Waals surface area contributed by atoms with Gasteiger partial charge in [-0.3, -0.25) is 4.79 Å². The Hall–Kier alpha value is -0.570. The van der Waals surface area contributed by atoms with Gasteiger partial charge in [-0.2, -0.15) is 0 Å². The summed E-state index contributed by atoms with van der Waals surface area (Å²) in [5.74, 6) is 0.470. The molecule has 0 aromatic carbocycles. The zero-order valence-corrected chi connectivity index (χ0v) is 7.96. The van der Waals surface area contributed by atoms with Gasteiger partial charge in [0.25, 0.3) is 0 Å². The van der Waals surface area contributed by atoms with Gasteiger partial charge in [-0.15, -0.1) is 0 Å². The van der Waals surface area contributed by atoms with E-state index >= 15 is 0 Å². The molecule has 0 aromatic heterocycles. The second-order valence-corrected chi connectivity index (χ2v) is 3.67. The number of carbonyl (C=O) groups is 1. The zero-order chi connectivity index (χ0) is 9.14. The molecule has 3 nitrogen and oxygen atoms in total. The summed E-state index contributed by atoms with van der Waals surface area (Å²) in [5, 5.41) is 3.27. The normalized spacial score (nSPS) is 29.3. The van der Waals surface area contributed by atoms with E-state index in [2.05, 4.69) is 23.9 Å². The highest BCUT2D eigenvalue weighted by molar-refractivity contribution is 5.76. The van der Waals surface area contributed by atoms with Crippen molar-refractivity contribution >= 4 is 5.97 Å². The molecule has 1 heterocycles. The van der Waals surface area contributed by atoms with Gasteiger partial charge in [0.1, 0.15) is 6.04 Å². The van der Waals surface area contributed by atoms with Crippen molar-refractivity contribution < 1.29 is 9.53 Å². The molecule has 1 aliphatic rings. The van der Waals surface area contributed by atoms with Gasteiger partial charge in [0.15, 0.2) is 0 Å². The van der Waals surface area contributed by atoms with Crippen LogP contribution in [0.15, 0.2) is 0 Å². The molecule has 0 amide bonds. The first-order valence-corrected chi connectivity index (χ1v) is 4.49. The summed E-state index contributed by atoms with van der Waals surface area (Å²) in [5.41, 5.74) is 0. The van der Waals surface area contributed by atoms with Crippen LogP contribution in [0.2, 0.25) is 0 Å². The summed E-state index contributed by atoms with van der Waals surface area (Å²) < 4.78 is 4.66. The molecule has 1 saturated heterocycles. The molecule has 1 fully saturated rings. The van der Waals surface area contributed by atoms with E-state index in [4.69, 9.17) is 0 Å². The van der Waals surface area contributed by atoms with Crippen molar-refractivity contribution in [3.05, 3.63) is 0 Å². The van der Waals surface area contributed by atoms with Gasteiger partial charge in [-0.05, 0) is 18.8 Å². The molecule has 0 bridgehead atoms. The molecule has 0 aliphatic carbocycles. The fraction of sp³-hybridized carbons (Fsp3) is 0.889. The maximum Gasteiger partial charge on any atom is 0.322 e. The van der Waals surface area contributed by atoms with Crippen molar-refractivity contribution in [1.82, 2.24) is 5.32 Å². The topological polar surface area (TPSA) is 38.3 Å². The van der Waals surface area contributed by atoms with Crippen molar-refractivity contribution in [3.8, 4) is 0 Å². The van der Waals surface area contributed by atoms with Crippen molar-refractivity contribution in [2.45, 2.75) is 38.8 Å². The van der Waals surface area contributed by atoms with Gasteiger partial charge in [-0.1, -0.05) is 13.8 Å². The first-order chi connectivity index (χ1) is 5.65. The predicted molar refractivity (Wildman–Crippen MR) is 46.8 cm³/mol. The lowest BCUT2D eigenvalue weighted by Gasteiger charge is -2.15. The Kier molecular flexibility index (Phi) is 3.09. The molecule has 1 rings (SSSR count). The minimum absolute atomic E-state index is 0.0672. The number of nitrogens with one attached hydrogen (secondary N) is 1. The maximum atomic E-state index is 11.1. The minimum atomic E-state index is -0.127. The highest BCUT2D eigenvalue weighted by Gasteiger charge is 2.30. The summed E-state index contributed by atoms with van der Waals surface area (Å²) in [4.78, 5) is 11.1. The van der Waals surface area contributed by atoms with Crippen molar-refractivity contribution in [2.75, 3.05) is 7.11 Å². The van der Waals surface area contributed by atoms with Crippen LogP contribution >= 0.6 is 0 Å². The minimum Gasteiger partial charge on any atom is -0.468 e. The molecule has 0 radical (unpaired) electrons. The quantitative estimate of drug-likeness (QED) is 0.628. The van der Waals surface area contributed by atoms with E-state index in [0.29, 0.717) is 12.0 Å². The maximum absolute atomic E-state index is 11.1. The highest BCUT2D eigenvalue weighted by Crippen LogP contribution is 2.18. The van der Waals surface area contributed by atoms with Crippen LogP contribution in [-0.4, -0.2) is 25.2 Å². The van der Waals surface area contributed by atoms with Crippen molar-refractivity contribution in [2.24, 2.45) is 5.92 Å². The van der Waals surface area contributed by atoms with Crippen LogP contribution in [0.25, 0.3) is 0 Å². The van der Waals surface area contributed by atoms with Crippen LogP contribution in [0.4, 0.5) is 0 Å². The van der Waals surface area contributed by atoms with Gasteiger partial charge >= 0.3 is 5.97 Å². The molecule has 2 atom stereocenters. The van der Waals surface area contributed by atoms with Gasteiger partial charge < -0.3 is 10.1 Å². The van der Waals surface area contributed by atoms with Crippen LogP contribution in [0.5, 0.6) is 0 Å². The van der Waals surface area contributed by atoms with Crippen LogP contribution in [0.3, 0.4) is 0 Å². The lowest BCUT2D eigenvalue weighted by molar-refractivity contribution is -0.142. The summed E-state index contributed by atoms with van der Waals surface area (Å²) in [6, 6.07) is 0.413. The van der Waals surface area contributed by atoms with E-state index < -0.39 is 0 Å². The van der Waals surface area contributed by atoms with E-state index in [1.54, 1.807) is 0 Å². The van der Waals surface area contributed by atoms with Gasteiger partial charge in [-0.25, -0.2) is 0 Å². The zero-order valence-electron chi connectivity index (χ0n) is 7.96. The molecule has 1 aliphatic heterocycles. The summed E-state index contributed by atoms with van der Waals surface area (Å²) in [6.45, 7) is 4.33. The number of carbonyl (C=O) groups excluding carboxylic acids is 1. The predicted octanol–water partition coefficient (Wildman–Crippen LogP) is 0.936. The highest BCUT2D eigenvalue weighted by atomic mass is 16.5. The Balaban J connectivity index is 2.40. The third kappa shape index (κ3) is 1.97. The monoisotopic (exact) mass is 171 g/mol. The molecular formula is C9H17NO2. The van der Waals surface area contributed by atoms with Gasteiger partial charge in [0.05, 0.1) is 7.11 Å². The molecule has 1 N–H and O–H groups in total. The Morgan fingerprint density at radius 3 is 2.58 bits per heavy atom. The summed E-state index contributed by atoms with van der Waals surface area (Å²) in [6.07, 6.45) is 1.99. The standard InChI is InChI=1S/C9H17NO2/c1-6(2)7-4-5-8(10-7)9(11)12-3/h6-8,10H,4-5H2,1-3H3/t7-,8-/m0/s1. The van der Waals surface area contributed by atoms with E-state index in [-0.39, 0.29) is 12.0 Å². The smallest absolute Gasteiger partial charge is 0.322 e. The van der Waals surface area contributed by atoms with Crippen LogP contribution in [-0.2, 0) is 9.53 Å². The number of rotatable bonds is 2. The van der Waals surface area contributed by atoms with E-state index in [0.717, 1.165) is 12.8 Å². The number of methoxy groups -OCH3 is 1. The van der Waals surface area contributed by atoms with Crippen molar-refractivity contribution in [3.63, 3.8) is 0 Å². The largest absolute Gasteiger partial charge is 0.468 e. The lowest BCUT2D eigenvalue weighted by atomic mass is 10.0. The molecule has 3 heteroatoms. The average molecular weight is 171 g/mol. The van der Waals surface area contributed by atoms with Gasteiger partial charge in [0, 0.05) is 6.04 Å². The molecule has 0 aromatic rings. The first kappa shape index (κ1) is 9.52. The third-order valence-corrected chi connectivity index (χ3v) is 2.47. The molecule has 0 spiro atoms. The summed E-state index contributed by atoms with van der Waals surface area (Å²) >= 11 is 0. The Labute approximate surface area is 73.5 Å². The Bertz CT molecular complexity index is 168. The first-order valence-electron chi connectivity index (χ1n) is 4.49. The SMILES string of the molecule is COC(=O)[C@@H]1CC[C@@H](C(C)C)N1. The average Bonchev–Trinajstić information content (AvgIpc) is 2.51. The van der Waals surface area contributed by atoms with Gasteiger partial charge in [0.2, 0.25) is 0 Å². The molecular weight excluding hydrogens is 154 g/mol. The van der Waals surface area contributed by atoms with Crippen molar-refractivity contribution in [1.29, 1.82) is 0 Å². The van der Waals surface area contributed by atoms with E-state index in [1.807, 2.05) is 0 Å². The molecule has 0 unspecified atom stereocenters. The Morgan fingerprint density at radius 2 is 2.17 bits per heavy atom. The number of ether oxygens (including phenoxy) is 1. The number of esters is 1. The third-order valence-electron chi connectivity index (χ3n) is 2.47. The molecule has 12 heavy (non-hydrogen) atoms. The van der Waals surface area contributed by atoms with E-state index in [1.165, 1.54) is 7.11 Å². The summed E-state index contributed by atoms with van der Waals surface area (Å²) in [7, 11) is 1.44. The molecule has 0 saturated carbocycles. The molecule has 70 valence electrons. The Morgan fingerprint density at radius 1 is 1.50 bits per heavy atom. The van der Waals surface area contributed by atoms with Crippen LogP contribution in [0, 0.1) is 5.92 Å². The number of hydrogen-bond donors (Lipinski definition) is 1. The number of hydrogen-bond acceptors (Lipinski definition) is 3. The fourth-order valence-corrected chi connectivity index (χ4v) is 1.63. The van der Waals surface area contributed by atoms with Crippen LogP contribution in [0.1, 0.15) is 26.7 Å². The lowest BCUT2D eigenvalue weighted by Crippen LogP contribution is -2.38. The van der Waals surface area contributed by atoms with Crippen LogP contribution < -0.4 is 5.32 Å². The fourth-order valence-electron chi connectivity index (χ4n) is 1.63. The second kappa shape index (κ2) is 3.90. The second-order valence-electron chi connectivity index (χ2n) is 3.67. The van der Waals surface area contributed by atoms with E-state index in [9.17, 15) is 4.79 Å².